The van der Waals surface area contributed by atoms with E-state index >= 15 is 0 Å². The number of carboxylic acids is 1. The number of aliphatic hydroxyl groups is 5. The van der Waals surface area contributed by atoms with Crippen LogP contribution in [0.5, 0.6) is 0 Å². The maximum absolute atomic E-state index is 9.98. The van der Waals surface area contributed by atoms with Gasteiger partial charge in [0.2, 0.25) is 0 Å². The van der Waals surface area contributed by atoms with E-state index in [4.69, 9.17) is 25.5 Å². The molecule has 15 heavy (non-hydrogen) atoms. The van der Waals surface area contributed by atoms with Gasteiger partial charge in [-0.1, -0.05) is 0 Å². The van der Waals surface area contributed by atoms with Gasteiger partial charge in [-0.2, -0.15) is 0 Å². The molecule has 0 aromatic rings. The molecule has 0 spiro atoms. The van der Waals surface area contributed by atoms with Crippen LogP contribution in [0.4, 0.5) is 0 Å². The first-order valence-corrected chi connectivity index (χ1v) is 3.45. The number of rotatable bonds is 5. The van der Waals surface area contributed by atoms with Crippen LogP contribution in [0.15, 0.2) is 0 Å². The average molecular weight is 338 g/mol. The van der Waals surface area contributed by atoms with Gasteiger partial charge in [-0.25, -0.2) is 0 Å². The van der Waals surface area contributed by atoms with E-state index in [-0.39, 0.29) is 30.6 Å². The van der Waals surface area contributed by atoms with Crippen molar-refractivity contribution in [2.24, 2.45) is 0 Å². The van der Waals surface area contributed by atoms with Crippen LogP contribution >= 0.6 is 0 Å². The number of quaternary nitrogens is 1. The number of hydrogen-bond acceptors (Lipinski definition) is 7. The molecule has 0 aliphatic carbocycles. The van der Waals surface area contributed by atoms with E-state index in [1.807, 2.05) is 0 Å². The van der Waals surface area contributed by atoms with Gasteiger partial charge in [-0.3, -0.25) is 0 Å². The molecule has 9 N–H and O–H groups in total. The summed E-state index contributed by atoms with van der Waals surface area (Å²) in [5.74, 6) is -1.98. The second kappa shape index (κ2) is 9.29. The Balaban J connectivity index is -0.000000720. The van der Waals surface area contributed by atoms with Crippen LogP contribution in [-0.2, 0) is 4.79 Å². The van der Waals surface area contributed by atoms with Gasteiger partial charge >= 0.3 is 24.4 Å². The maximum atomic E-state index is 9.98. The number of carbonyl (C=O) groups excluding carboxylic acids is 1. The fourth-order valence-electron chi connectivity index (χ4n) is 0.662. The minimum absolute atomic E-state index is 0. The Labute approximate surface area is 103 Å². The van der Waals surface area contributed by atoms with Crippen molar-refractivity contribution < 1.29 is 35.4 Å². The fourth-order valence-corrected chi connectivity index (χ4v) is 0.662. The van der Waals surface area contributed by atoms with Crippen LogP contribution in [0.2, 0.25) is 0 Å². The van der Waals surface area contributed by atoms with Crippen molar-refractivity contribution in [1.82, 2.24) is 6.15 Å². The normalized spacial score (nSPS) is 17.7. The average Bonchev–Trinajstić information content (AvgIpc) is 2.12. The Morgan fingerprint density at radius 3 is 1.80 bits per heavy atom. The molecule has 0 rings (SSSR count). The van der Waals surface area contributed by atoms with Gasteiger partial charge in [-0.05, 0) is 0 Å². The molecule has 8 nitrogen and oxygen atoms in total. The molecule has 0 saturated carbocycles. The zero-order valence-electron chi connectivity index (χ0n) is 8.28. The van der Waals surface area contributed by atoms with Crippen molar-refractivity contribution in [3.8, 4) is 0 Å². The second-order valence-corrected chi connectivity index (χ2v) is 2.49. The first kappa shape index (κ1) is 20.5. The predicted octanol–water partition coefficient (Wildman–Crippen LogP) is -5.64. The zero-order chi connectivity index (χ0) is 10.6. The van der Waals surface area contributed by atoms with Gasteiger partial charge < -0.3 is 41.6 Å². The van der Waals surface area contributed by atoms with E-state index in [0.717, 1.165) is 0 Å². The van der Waals surface area contributed by atoms with Crippen molar-refractivity contribution in [1.29, 1.82) is 0 Å². The molecular formula is C6H18NO7Sb. The number of carboxylic acid groups (broad SMARTS) is 1. The number of carbonyl (C=O) groups is 1. The van der Waals surface area contributed by atoms with Gasteiger partial charge in [0.1, 0.15) is 24.4 Å². The van der Waals surface area contributed by atoms with E-state index in [1.54, 1.807) is 0 Å². The Hall–Kier alpha value is 0.0482. The van der Waals surface area contributed by atoms with Crippen LogP contribution in [0.1, 0.15) is 0 Å². The summed E-state index contributed by atoms with van der Waals surface area (Å²) in [6.07, 6.45) is -8.08. The molecule has 4 atom stereocenters. The molecule has 0 fully saturated rings. The Morgan fingerprint density at radius 1 is 1.13 bits per heavy atom. The van der Waals surface area contributed by atoms with Crippen LogP contribution in [-0.4, -0.2) is 87.0 Å². The van der Waals surface area contributed by atoms with Gasteiger partial charge in [0.05, 0.1) is 12.6 Å². The molecule has 0 aliphatic heterocycles. The van der Waals surface area contributed by atoms with Crippen molar-refractivity contribution in [3.63, 3.8) is 0 Å². The first-order chi connectivity index (χ1) is 5.91. The van der Waals surface area contributed by atoms with Crippen LogP contribution < -0.4 is 11.3 Å². The zero-order valence-corrected chi connectivity index (χ0v) is 12.3. The molecule has 94 valence electrons. The van der Waals surface area contributed by atoms with E-state index in [9.17, 15) is 9.90 Å². The molecule has 0 aromatic carbocycles. The number of aliphatic hydroxyl groups excluding tert-OH is 5. The van der Waals surface area contributed by atoms with Crippen LogP contribution in [0.25, 0.3) is 0 Å². The van der Waals surface area contributed by atoms with Gasteiger partial charge in [0, 0.05) is 0 Å². The molecule has 0 aliphatic rings. The summed E-state index contributed by atoms with van der Waals surface area (Å²) in [5.41, 5.74) is 0. The van der Waals surface area contributed by atoms with Crippen molar-refractivity contribution in [3.05, 3.63) is 0 Å². The Bertz CT molecular complexity index is 181. The molecular weight excluding hydrogens is 320 g/mol. The summed E-state index contributed by atoms with van der Waals surface area (Å²) in [7, 11) is 0. The molecule has 0 amide bonds. The Morgan fingerprint density at radius 2 is 1.53 bits per heavy atom. The van der Waals surface area contributed by atoms with E-state index in [1.165, 1.54) is 0 Å². The topological polar surface area (TPSA) is 178 Å². The van der Waals surface area contributed by atoms with E-state index in [2.05, 4.69) is 0 Å². The fraction of sp³-hybridized carbons (Fsp3) is 0.833. The third-order valence-corrected chi connectivity index (χ3v) is 1.50. The number of aliphatic carboxylic acids is 1. The molecule has 9 heteroatoms. The first-order valence-electron chi connectivity index (χ1n) is 3.45. The van der Waals surface area contributed by atoms with E-state index < -0.39 is 37.0 Å². The quantitative estimate of drug-likeness (QED) is 0.270. The van der Waals surface area contributed by atoms with Gasteiger partial charge in [0.15, 0.2) is 0 Å². The van der Waals surface area contributed by atoms with Crippen molar-refractivity contribution in [2.45, 2.75) is 24.4 Å². The summed E-state index contributed by atoms with van der Waals surface area (Å²) in [5, 5.41) is 53.4. The molecule has 4 unspecified atom stereocenters. The molecule has 0 saturated heterocycles. The predicted molar refractivity (Wildman–Crippen MR) is 52.0 cm³/mol. The summed E-state index contributed by atoms with van der Waals surface area (Å²) < 4.78 is 0. The third-order valence-electron chi connectivity index (χ3n) is 1.50. The molecule has 0 bridgehead atoms. The monoisotopic (exact) mass is 337 g/mol. The van der Waals surface area contributed by atoms with Gasteiger partial charge in [-0.15, -0.1) is 0 Å². The van der Waals surface area contributed by atoms with Crippen LogP contribution in [0, 0.1) is 0 Å². The second-order valence-electron chi connectivity index (χ2n) is 2.49. The summed E-state index contributed by atoms with van der Waals surface area (Å²) in [4.78, 5) is 9.98. The molecule has 0 heterocycles. The van der Waals surface area contributed by atoms with Crippen molar-refractivity contribution >= 4 is 30.4 Å². The van der Waals surface area contributed by atoms with Crippen LogP contribution in [0.3, 0.4) is 0 Å². The third kappa shape index (κ3) is 6.26. The van der Waals surface area contributed by atoms with Gasteiger partial charge in [0.25, 0.3) is 0 Å². The molecule has 0 radical (unpaired) electrons. The standard InChI is InChI=1S/C6H12O7.H3N.Sb.3H/c7-1-2(8)3(9)4(10)5(11)6(12)13;;;;;/h2-5,7-11H,1H2,(H,12,13);1H3;;;;. The van der Waals surface area contributed by atoms with E-state index in [0.29, 0.717) is 0 Å². The summed E-state index contributed by atoms with van der Waals surface area (Å²) >= 11 is 0. The van der Waals surface area contributed by atoms with Crippen molar-refractivity contribution in [2.75, 3.05) is 6.61 Å². The SMILES string of the molecule is O=C([O-])C(O)C(O)C(O)C(O)CO.[NH4+].[SbH3]. The summed E-state index contributed by atoms with van der Waals surface area (Å²) in [6, 6.07) is 0. The summed E-state index contributed by atoms with van der Waals surface area (Å²) in [6.45, 7) is -0.863. The molecule has 0 aromatic heterocycles. The number of hydrogen-bond donors (Lipinski definition) is 6. The Kier molecular flexibility index (Phi) is 12.7. The minimum atomic E-state index is -2.31.